The van der Waals surface area contributed by atoms with Crippen molar-refractivity contribution in [2.75, 3.05) is 6.61 Å². The van der Waals surface area contributed by atoms with Gasteiger partial charge >= 0.3 is 0 Å². The van der Waals surface area contributed by atoms with Crippen LogP contribution in [0.1, 0.15) is 5.56 Å². The molecule has 1 rings (SSSR count). The molecule has 1 atom stereocenters. The minimum Gasteiger partial charge on any atom is -0.393 e. The lowest BCUT2D eigenvalue weighted by molar-refractivity contribution is 0.215. The van der Waals surface area contributed by atoms with E-state index in [2.05, 4.69) is 6.58 Å². The fourth-order valence-corrected chi connectivity index (χ4v) is 1.08. The quantitative estimate of drug-likeness (QED) is 0.796. The van der Waals surface area contributed by atoms with Gasteiger partial charge in [-0.15, -0.1) is 0 Å². The summed E-state index contributed by atoms with van der Waals surface area (Å²) in [6.07, 6.45) is -1.40. The fraction of sp³-hybridized carbons (Fsp3) is 0.200. The molecule has 1 aromatic rings. The molecular formula is C10H10ClFO. The monoisotopic (exact) mass is 200 g/mol. The van der Waals surface area contributed by atoms with Crippen LogP contribution in [0.15, 0.2) is 30.8 Å². The van der Waals surface area contributed by atoms with Crippen molar-refractivity contribution in [2.24, 2.45) is 0 Å². The maximum atomic E-state index is 12.9. The van der Waals surface area contributed by atoms with Crippen LogP contribution in [0.2, 0.25) is 5.02 Å². The molecule has 0 radical (unpaired) electrons. The van der Waals surface area contributed by atoms with Crippen LogP contribution >= 0.6 is 11.6 Å². The van der Waals surface area contributed by atoms with Crippen LogP contribution in [-0.2, 0) is 0 Å². The zero-order valence-corrected chi connectivity index (χ0v) is 7.76. The molecule has 0 aliphatic carbocycles. The van der Waals surface area contributed by atoms with Crippen LogP contribution in [0, 0.1) is 0 Å². The van der Waals surface area contributed by atoms with Gasteiger partial charge in [0, 0.05) is 5.02 Å². The summed E-state index contributed by atoms with van der Waals surface area (Å²) in [6, 6.07) is 6.66. The molecule has 0 aliphatic heterocycles. The summed E-state index contributed by atoms with van der Waals surface area (Å²) < 4.78 is 12.9. The second-order valence-corrected chi connectivity index (χ2v) is 3.12. The molecule has 0 saturated heterocycles. The molecule has 1 nitrogen and oxygen atoms in total. The van der Waals surface area contributed by atoms with Crippen molar-refractivity contribution in [1.82, 2.24) is 0 Å². The second-order valence-electron chi connectivity index (χ2n) is 2.68. The minimum atomic E-state index is -1.40. The number of halogens is 2. The average molecular weight is 201 g/mol. The highest BCUT2D eigenvalue weighted by Gasteiger charge is 2.10. The molecule has 3 heteroatoms. The van der Waals surface area contributed by atoms with E-state index in [1.54, 1.807) is 24.3 Å². The van der Waals surface area contributed by atoms with Gasteiger partial charge < -0.3 is 5.11 Å². The Balaban J connectivity index is 2.83. The summed E-state index contributed by atoms with van der Waals surface area (Å²) in [5, 5.41) is 9.15. The van der Waals surface area contributed by atoms with Gasteiger partial charge in [0.2, 0.25) is 0 Å². The van der Waals surface area contributed by atoms with Crippen molar-refractivity contribution in [1.29, 1.82) is 0 Å². The molecule has 0 saturated carbocycles. The van der Waals surface area contributed by atoms with Gasteiger partial charge in [-0.05, 0) is 23.3 Å². The van der Waals surface area contributed by atoms with Crippen molar-refractivity contribution in [3.8, 4) is 0 Å². The number of benzene rings is 1. The van der Waals surface area contributed by atoms with Crippen LogP contribution in [0.25, 0.3) is 5.57 Å². The van der Waals surface area contributed by atoms with Crippen LogP contribution in [0.4, 0.5) is 4.39 Å². The first kappa shape index (κ1) is 10.2. The third-order valence-corrected chi connectivity index (χ3v) is 2.01. The lowest BCUT2D eigenvalue weighted by atomic mass is 10.0. The van der Waals surface area contributed by atoms with Crippen LogP contribution in [0.5, 0.6) is 0 Å². The largest absolute Gasteiger partial charge is 0.393 e. The summed E-state index contributed by atoms with van der Waals surface area (Å²) in [5.41, 5.74) is 0.935. The van der Waals surface area contributed by atoms with Gasteiger partial charge in [-0.2, -0.15) is 0 Å². The van der Waals surface area contributed by atoms with Gasteiger partial charge in [0.1, 0.15) is 6.17 Å². The van der Waals surface area contributed by atoms with Gasteiger partial charge in [0.25, 0.3) is 0 Å². The smallest absolute Gasteiger partial charge is 0.148 e. The SMILES string of the molecule is C=C(c1ccc(Cl)cc1)[C@@H](F)CO. The number of rotatable bonds is 3. The van der Waals surface area contributed by atoms with Gasteiger partial charge in [0.15, 0.2) is 0 Å². The van der Waals surface area contributed by atoms with E-state index in [-0.39, 0.29) is 5.57 Å². The first-order valence-electron chi connectivity index (χ1n) is 3.85. The first-order chi connectivity index (χ1) is 6.15. The predicted molar refractivity (Wildman–Crippen MR) is 52.5 cm³/mol. The van der Waals surface area contributed by atoms with E-state index in [1.165, 1.54) is 0 Å². The molecule has 0 fully saturated rings. The molecule has 0 aliphatic rings. The van der Waals surface area contributed by atoms with E-state index in [0.29, 0.717) is 10.6 Å². The predicted octanol–water partition coefficient (Wildman–Crippen LogP) is 2.68. The van der Waals surface area contributed by atoms with E-state index >= 15 is 0 Å². The maximum absolute atomic E-state index is 12.9. The molecule has 1 N–H and O–H groups in total. The number of aliphatic hydroxyl groups is 1. The Morgan fingerprint density at radius 1 is 1.46 bits per heavy atom. The third kappa shape index (κ3) is 2.54. The van der Waals surface area contributed by atoms with Crippen LogP contribution in [0.3, 0.4) is 0 Å². The van der Waals surface area contributed by atoms with E-state index in [9.17, 15) is 4.39 Å². The Morgan fingerprint density at radius 2 is 2.00 bits per heavy atom. The fourth-order valence-electron chi connectivity index (χ4n) is 0.955. The Kier molecular flexibility index (Phi) is 3.46. The van der Waals surface area contributed by atoms with Gasteiger partial charge in [-0.3, -0.25) is 0 Å². The van der Waals surface area contributed by atoms with Crippen molar-refractivity contribution < 1.29 is 9.50 Å². The summed E-state index contributed by atoms with van der Waals surface area (Å²) >= 11 is 5.66. The summed E-state index contributed by atoms with van der Waals surface area (Å²) in [7, 11) is 0. The minimum absolute atomic E-state index is 0.277. The molecule has 1 aromatic carbocycles. The Labute approximate surface area is 81.5 Å². The molecule has 0 unspecified atom stereocenters. The topological polar surface area (TPSA) is 20.2 Å². The lowest BCUT2D eigenvalue weighted by Gasteiger charge is -2.08. The van der Waals surface area contributed by atoms with Gasteiger partial charge in [-0.1, -0.05) is 30.3 Å². The Morgan fingerprint density at radius 3 is 2.46 bits per heavy atom. The zero-order chi connectivity index (χ0) is 9.84. The normalized spacial score (nSPS) is 12.5. The standard InChI is InChI=1S/C10H10ClFO/c1-7(10(12)6-13)8-2-4-9(11)5-3-8/h2-5,10,13H,1,6H2/t10-/m0/s1. The van der Waals surface area contributed by atoms with Crippen LogP contribution in [-0.4, -0.2) is 17.9 Å². The van der Waals surface area contributed by atoms with Crippen molar-refractivity contribution in [3.63, 3.8) is 0 Å². The molecule has 70 valence electrons. The highest BCUT2D eigenvalue weighted by Crippen LogP contribution is 2.20. The molecule has 0 amide bonds. The average Bonchev–Trinajstić information content (AvgIpc) is 2.17. The number of hydrogen-bond acceptors (Lipinski definition) is 1. The summed E-state index contributed by atoms with van der Waals surface area (Å²) in [5.74, 6) is 0. The second kappa shape index (κ2) is 4.40. The summed E-state index contributed by atoms with van der Waals surface area (Å²) in [6.45, 7) is 3.01. The third-order valence-electron chi connectivity index (χ3n) is 1.75. The number of alkyl halides is 1. The highest BCUT2D eigenvalue weighted by atomic mass is 35.5. The van der Waals surface area contributed by atoms with E-state index in [4.69, 9.17) is 16.7 Å². The van der Waals surface area contributed by atoms with Crippen molar-refractivity contribution in [3.05, 3.63) is 41.4 Å². The lowest BCUT2D eigenvalue weighted by Crippen LogP contribution is -2.07. The number of aliphatic hydroxyl groups excluding tert-OH is 1. The molecule has 13 heavy (non-hydrogen) atoms. The van der Waals surface area contributed by atoms with Crippen molar-refractivity contribution in [2.45, 2.75) is 6.17 Å². The van der Waals surface area contributed by atoms with E-state index in [1.807, 2.05) is 0 Å². The van der Waals surface area contributed by atoms with Crippen molar-refractivity contribution >= 4 is 17.2 Å². The molecule has 0 spiro atoms. The van der Waals surface area contributed by atoms with E-state index in [0.717, 1.165) is 0 Å². The Bertz CT molecular complexity index is 294. The highest BCUT2D eigenvalue weighted by molar-refractivity contribution is 6.30. The van der Waals surface area contributed by atoms with Crippen LogP contribution < -0.4 is 0 Å². The summed E-state index contributed by atoms with van der Waals surface area (Å²) in [4.78, 5) is 0. The van der Waals surface area contributed by atoms with Gasteiger partial charge in [-0.25, -0.2) is 4.39 Å². The maximum Gasteiger partial charge on any atom is 0.148 e. The molecule has 0 heterocycles. The van der Waals surface area contributed by atoms with E-state index < -0.39 is 12.8 Å². The molecule has 0 aromatic heterocycles. The Hall–Kier alpha value is -0.860. The first-order valence-corrected chi connectivity index (χ1v) is 4.22. The zero-order valence-electron chi connectivity index (χ0n) is 7.00. The van der Waals surface area contributed by atoms with Gasteiger partial charge in [0.05, 0.1) is 6.61 Å². The molecule has 0 bridgehead atoms. The number of hydrogen-bond donors (Lipinski definition) is 1. The molecular weight excluding hydrogens is 191 g/mol.